The molecule has 0 heterocycles. The van der Waals surface area contributed by atoms with E-state index >= 15 is 0 Å². The van der Waals surface area contributed by atoms with Gasteiger partial charge in [0.15, 0.2) is 0 Å². The molecule has 0 saturated heterocycles. The Kier molecular flexibility index (Phi) is 3.98. The van der Waals surface area contributed by atoms with E-state index in [1.807, 2.05) is 0 Å². The van der Waals surface area contributed by atoms with E-state index in [1.165, 1.54) is 0 Å². The molecule has 102 valence electrons. The highest BCUT2D eigenvalue weighted by Gasteiger charge is 2.37. The quantitative estimate of drug-likeness (QED) is 0.669. The molecule has 1 aromatic rings. The number of alkyl halides is 6. The first-order valence-electron chi connectivity index (χ1n) is 5.29. The number of hydrogen-bond donors (Lipinski definition) is 0. The summed E-state index contributed by atoms with van der Waals surface area (Å²) in [6.07, 6.45) is -9.45. The van der Waals surface area contributed by atoms with Crippen molar-refractivity contribution in [3.8, 4) is 0 Å². The second-order valence-corrected chi connectivity index (χ2v) is 4.47. The Hall–Kier alpha value is -1.20. The smallest absolute Gasteiger partial charge is 0.166 e. The number of hydrogen-bond acceptors (Lipinski definition) is 0. The van der Waals surface area contributed by atoms with Gasteiger partial charge in [-0.1, -0.05) is 19.9 Å². The van der Waals surface area contributed by atoms with Crippen LogP contribution < -0.4 is 0 Å². The lowest BCUT2D eigenvalue weighted by Gasteiger charge is -2.17. The molecule has 0 aliphatic carbocycles. The third-order valence-electron chi connectivity index (χ3n) is 2.37. The van der Waals surface area contributed by atoms with Crippen molar-refractivity contribution in [3.63, 3.8) is 0 Å². The lowest BCUT2D eigenvalue weighted by atomic mass is 9.95. The summed E-state index contributed by atoms with van der Waals surface area (Å²) in [4.78, 5) is 0. The minimum atomic E-state index is -4.77. The molecule has 0 bridgehead atoms. The average Bonchev–Trinajstić information content (AvgIpc) is 2.13. The van der Waals surface area contributed by atoms with Gasteiger partial charge in [-0.15, -0.1) is 0 Å². The standard InChI is InChI=1S/C12H12F6/c1-7(2)5-8-3-4-9(11(13,14)15)6-10(8)12(16,17)18/h3-4,6-7H,5H2,1-2H3. The van der Waals surface area contributed by atoms with Crippen LogP contribution in [-0.2, 0) is 18.8 Å². The SMILES string of the molecule is CC(C)Cc1ccc(C(F)(F)F)cc1C(F)(F)F. The molecule has 1 aromatic carbocycles. The molecule has 0 unspecified atom stereocenters. The fraction of sp³-hybridized carbons (Fsp3) is 0.500. The molecular weight excluding hydrogens is 258 g/mol. The predicted molar refractivity (Wildman–Crippen MR) is 55.0 cm³/mol. The second kappa shape index (κ2) is 4.82. The molecule has 0 fully saturated rings. The van der Waals surface area contributed by atoms with Crippen LogP contribution in [0.4, 0.5) is 26.3 Å². The zero-order chi connectivity index (χ0) is 14.1. The van der Waals surface area contributed by atoms with Crippen LogP contribution in [0.5, 0.6) is 0 Å². The van der Waals surface area contributed by atoms with Gasteiger partial charge < -0.3 is 0 Å². The van der Waals surface area contributed by atoms with E-state index in [9.17, 15) is 26.3 Å². The van der Waals surface area contributed by atoms with Gasteiger partial charge in [-0.3, -0.25) is 0 Å². The van der Waals surface area contributed by atoms with Crippen molar-refractivity contribution in [2.75, 3.05) is 0 Å². The summed E-state index contributed by atoms with van der Waals surface area (Å²) >= 11 is 0. The zero-order valence-corrected chi connectivity index (χ0v) is 9.78. The van der Waals surface area contributed by atoms with Crippen molar-refractivity contribution < 1.29 is 26.3 Å². The molecule has 0 aromatic heterocycles. The van der Waals surface area contributed by atoms with E-state index in [2.05, 4.69) is 0 Å². The van der Waals surface area contributed by atoms with Gasteiger partial charge in [0.05, 0.1) is 11.1 Å². The molecule has 0 atom stereocenters. The third-order valence-corrected chi connectivity index (χ3v) is 2.37. The number of benzene rings is 1. The van der Waals surface area contributed by atoms with Gasteiger partial charge in [0, 0.05) is 0 Å². The summed E-state index contributed by atoms with van der Waals surface area (Å²) in [6.45, 7) is 3.41. The average molecular weight is 270 g/mol. The van der Waals surface area contributed by atoms with Crippen LogP contribution in [0, 0.1) is 5.92 Å². The summed E-state index contributed by atoms with van der Waals surface area (Å²) in [6, 6.07) is 1.77. The van der Waals surface area contributed by atoms with Gasteiger partial charge >= 0.3 is 12.4 Å². The van der Waals surface area contributed by atoms with Gasteiger partial charge in [0.1, 0.15) is 0 Å². The van der Waals surface area contributed by atoms with Crippen LogP contribution in [0.1, 0.15) is 30.5 Å². The fourth-order valence-corrected chi connectivity index (χ4v) is 1.63. The first kappa shape index (κ1) is 14.9. The molecule has 0 radical (unpaired) electrons. The van der Waals surface area contributed by atoms with Crippen LogP contribution >= 0.6 is 0 Å². The number of halogens is 6. The van der Waals surface area contributed by atoms with Gasteiger partial charge in [-0.05, 0) is 30.0 Å². The summed E-state index contributed by atoms with van der Waals surface area (Å²) in [5.74, 6) is -0.0668. The van der Waals surface area contributed by atoms with Crippen LogP contribution in [-0.4, -0.2) is 0 Å². The molecule has 1 rings (SSSR count). The highest BCUT2D eigenvalue weighted by molar-refractivity contribution is 5.35. The van der Waals surface area contributed by atoms with Crippen molar-refractivity contribution in [2.45, 2.75) is 32.6 Å². The van der Waals surface area contributed by atoms with E-state index < -0.39 is 23.5 Å². The first-order chi connectivity index (χ1) is 8.01. The summed E-state index contributed by atoms with van der Waals surface area (Å²) < 4.78 is 75.2. The molecule has 0 spiro atoms. The fourth-order valence-electron chi connectivity index (χ4n) is 1.63. The van der Waals surface area contributed by atoms with Crippen molar-refractivity contribution in [3.05, 3.63) is 34.9 Å². The lowest BCUT2D eigenvalue weighted by Crippen LogP contribution is -2.14. The van der Waals surface area contributed by atoms with Crippen LogP contribution in [0.25, 0.3) is 0 Å². The molecule has 0 aliphatic rings. The highest BCUT2D eigenvalue weighted by Crippen LogP contribution is 2.37. The topological polar surface area (TPSA) is 0 Å². The van der Waals surface area contributed by atoms with E-state index in [4.69, 9.17) is 0 Å². The maximum absolute atomic E-state index is 12.7. The molecule has 18 heavy (non-hydrogen) atoms. The van der Waals surface area contributed by atoms with Crippen molar-refractivity contribution in [2.24, 2.45) is 5.92 Å². The zero-order valence-electron chi connectivity index (χ0n) is 9.78. The molecule has 0 nitrogen and oxygen atoms in total. The Morgan fingerprint density at radius 3 is 1.89 bits per heavy atom. The van der Waals surface area contributed by atoms with Crippen LogP contribution in [0.3, 0.4) is 0 Å². The monoisotopic (exact) mass is 270 g/mol. The van der Waals surface area contributed by atoms with E-state index in [-0.39, 0.29) is 24.0 Å². The minimum absolute atomic E-state index is 0.0668. The van der Waals surface area contributed by atoms with Gasteiger partial charge in [-0.25, -0.2) is 0 Å². The lowest BCUT2D eigenvalue weighted by molar-refractivity contribution is -0.143. The van der Waals surface area contributed by atoms with Gasteiger partial charge in [-0.2, -0.15) is 26.3 Å². The van der Waals surface area contributed by atoms with Crippen molar-refractivity contribution >= 4 is 0 Å². The van der Waals surface area contributed by atoms with Crippen molar-refractivity contribution in [1.29, 1.82) is 0 Å². The normalized spacial score (nSPS) is 13.2. The minimum Gasteiger partial charge on any atom is -0.166 e. The summed E-state index contributed by atoms with van der Waals surface area (Å²) in [5, 5.41) is 0. The Balaban J connectivity index is 3.30. The molecule has 6 heteroatoms. The Bertz CT molecular complexity index is 414. The summed E-state index contributed by atoms with van der Waals surface area (Å²) in [7, 11) is 0. The Morgan fingerprint density at radius 2 is 1.50 bits per heavy atom. The summed E-state index contributed by atoms with van der Waals surface area (Å²) in [5.41, 5.74) is -2.58. The van der Waals surface area contributed by atoms with E-state index in [0.29, 0.717) is 6.07 Å². The van der Waals surface area contributed by atoms with E-state index in [0.717, 1.165) is 6.07 Å². The molecule has 0 N–H and O–H groups in total. The molecule has 0 saturated carbocycles. The van der Waals surface area contributed by atoms with Crippen LogP contribution in [0.15, 0.2) is 18.2 Å². The second-order valence-electron chi connectivity index (χ2n) is 4.47. The predicted octanol–water partition coefficient (Wildman–Crippen LogP) is 4.92. The highest BCUT2D eigenvalue weighted by atomic mass is 19.4. The number of rotatable bonds is 2. The van der Waals surface area contributed by atoms with Gasteiger partial charge in [0.25, 0.3) is 0 Å². The third kappa shape index (κ3) is 3.65. The molecule has 0 amide bonds. The molecular formula is C12H12F6. The first-order valence-corrected chi connectivity index (χ1v) is 5.29. The largest absolute Gasteiger partial charge is 0.416 e. The van der Waals surface area contributed by atoms with E-state index in [1.54, 1.807) is 13.8 Å². The van der Waals surface area contributed by atoms with Crippen molar-refractivity contribution in [1.82, 2.24) is 0 Å². The maximum Gasteiger partial charge on any atom is 0.416 e. The van der Waals surface area contributed by atoms with Gasteiger partial charge in [0.2, 0.25) is 0 Å². The Morgan fingerprint density at radius 1 is 0.944 bits per heavy atom. The van der Waals surface area contributed by atoms with Crippen LogP contribution in [0.2, 0.25) is 0 Å². The maximum atomic E-state index is 12.7. The molecule has 0 aliphatic heterocycles. The Labute approximate surface area is 101 Å².